The summed E-state index contributed by atoms with van der Waals surface area (Å²) < 4.78 is 29.5. The van der Waals surface area contributed by atoms with E-state index in [1.807, 2.05) is 0 Å². The number of para-hydroxylation sites is 1. The van der Waals surface area contributed by atoms with Gasteiger partial charge >= 0.3 is 6.61 Å². The largest absolute Gasteiger partial charge is 0.434 e. The average Bonchev–Trinajstić information content (AvgIpc) is 2.55. The van der Waals surface area contributed by atoms with E-state index in [1.165, 1.54) is 6.07 Å². The Labute approximate surface area is 154 Å². The van der Waals surface area contributed by atoms with Crippen molar-refractivity contribution < 1.29 is 18.3 Å². The molecular formula is C18H27ClF2N2O2. The van der Waals surface area contributed by atoms with Gasteiger partial charge in [-0.3, -0.25) is 4.79 Å². The maximum Gasteiger partial charge on any atom is 0.387 e. The predicted molar refractivity (Wildman–Crippen MR) is 96.3 cm³/mol. The quantitative estimate of drug-likeness (QED) is 0.758. The summed E-state index contributed by atoms with van der Waals surface area (Å²) in [7, 11) is 0. The third kappa shape index (κ3) is 6.78. The van der Waals surface area contributed by atoms with Crippen LogP contribution in [-0.2, 0) is 4.79 Å². The molecule has 1 aliphatic heterocycles. The van der Waals surface area contributed by atoms with Crippen LogP contribution in [0.3, 0.4) is 0 Å². The molecule has 3 unspecified atom stereocenters. The third-order valence-electron chi connectivity index (χ3n) is 4.63. The highest BCUT2D eigenvalue weighted by Gasteiger charge is 2.23. The third-order valence-corrected chi connectivity index (χ3v) is 4.63. The normalized spacial score (nSPS) is 19.6. The van der Waals surface area contributed by atoms with Gasteiger partial charge in [0.2, 0.25) is 5.91 Å². The molecular weight excluding hydrogens is 350 g/mol. The highest BCUT2D eigenvalue weighted by molar-refractivity contribution is 5.85. The number of amides is 1. The molecule has 1 saturated heterocycles. The Hall–Kier alpha value is -1.40. The maximum atomic E-state index is 12.5. The first-order valence-corrected chi connectivity index (χ1v) is 8.51. The number of rotatable bonds is 7. The molecule has 0 bridgehead atoms. The molecule has 25 heavy (non-hydrogen) atoms. The molecule has 1 heterocycles. The molecule has 0 aromatic heterocycles. The Kier molecular flexibility index (Phi) is 9.14. The topological polar surface area (TPSA) is 50.4 Å². The summed E-state index contributed by atoms with van der Waals surface area (Å²) in [4.78, 5) is 12.3. The van der Waals surface area contributed by atoms with Gasteiger partial charge in [-0.05, 0) is 50.8 Å². The lowest BCUT2D eigenvalue weighted by Gasteiger charge is -2.28. The van der Waals surface area contributed by atoms with Gasteiger partial charge in [0.15, 0.2) is 0 Å². The Morgan fingerprint density at radius 2 is 2.08 bits per heavy atom. The van der Waals surface area contributed by atoms with Crippen LogP contribution >= 0.6 is 12.4 Å². The number of hydrogen-bond acceptors (Lipinski definition) is 3. The second-order valence-electron chi connectivity index (χ2n) is 6.49. The monoisotopic (exact) mass is 376 g/mol. The number of hydrogen-bond donors (Lipinski definition) is 2. The molecule has 7 heteroatoms. The van der Waals surface area contributed by atoms with Crippen LogP contribution in [0, 0.1) is 11.8 Å². The van der Waals surface area contributed by atoms with Crippen molar-refractivity contribution in [1.82, 2.24) is 10.6 Å². The van der Waals surface area contributed by atoms with Crippen molar-refractivity contribution in [3.8, 4) is 5.75 Å². The van der Waals surface area contributed by atoms with Crippen LogP contribution in [0.5, 0.6) is 5.75 Å². The molecule has 3 atom stereocenters. The summed E-state index contributed by atoms with van der Waals surface area (Å²) >= 11 is 0. The first-order chi connectivity index (χ1) is 11.5. The molecule has 1 aromatic carbocycles. The van der Waals surface area contributed by atoms with E-state index in [0.29, 0.717) is 17.9 Å². The van der Waals surface area contributed by atoms with Crippen LogP contribution < -0.4 is 15.4 Å². The summed E-state index contributed by atoms with van der Waals surface area (Å²) in [5.74, 6) is 0.837. The van der Waals surface area contributed by atoms with Gasteiger partial charge in [0.05, 0.1) is 6.04 Å². The zero-order valence-corrected chi connectivity index (χ0v) is 15.5. The van der Waals surface area contributed by atoms with E-state index in [1.54, 1.807) is 25.1 Å². The van der Waals surface area contributed by atoms with E-state index in [9.17, 15) is 13.6 Å². The molecule has 1 aromatic rings. The van der Waals surface area contributed by atoms with Crippen LogP contribution in [-0.4, -0.2) is 25.6 Å². The molecule has 2 N–H and O–H groups in total. The molecule has 142 valence electrons. The highest BCUT2D eigenvalue weighted by Crippen LogP contribution is 2.27. The van der Waals surface area contributed by atoms with Gasteiger partial charge < -0.3 is 15.4 Å². The fourth-order valence-electron chi connectivity index (χ4n) is 3.24. The van der Waals surface area contributed by atoms with Gasteiger partial charge in [-0.25, -0.2) is 0 Å². The van der Waals surface area contributed by atoms with E-state index in [2.05, 4.69) is 22.3 Å². The fourth-order valence-corrected chi connectivity index (χ4v) is 3.24. The lowest BCUT2D eigenvalue weighted by molar-refractivity contribution is -0.123. The number of nitrogens with one attached hydrogen (secondary N) is 2. The Balaban J connectivity index is 0.00000312. The average molecular weight is 377 g/mol. The lowest BCUT2D eigenvalue weighted by atomic mass is 9.85. The number of alkyl halides is 2. The lowest BCUT2D eigenvalue weighted by Crippen LogP contribution is -2.36. The highest BCUT2D eigenvalue weighted by atomic mass is 35.5. The summed E-state index contributed by atoms with van der Waals surface area (Å²) in [6, 6.07) is 6.17. The SMILES string of the molecule is CC(NC(=O)CC(C)C1CCCNC1)c1ccccc1OC(F)F.Cl. The van der Waals surface area contributed by atoms with Gasteiger partial charge in [-0.2, -0.15) is 8.78 Å². The summed E-state index contributed by atoms with van der Waals surface area (Å²) in [6.45, 7) is 2.99. The van der Waals surface area contributed by atoms with Crippen molar-refractivity contribution in [1.29, 1.82) is 0 Å². The first-order valence-electron chi connectivity index (χ1n) is 8.51. The van der Waals surface area contributed by atoms with Gasteiger partial charge in [-0.1, -0.05) is 25.1 Å². The molecule has 0 saturated carbocycles. The van der Waals surface area contributed by atoms with Crippen molar-refractivity contribution in [2.75, 3.05) is 13.1 Å². The summed E-state index contributed by atoms with van der Waals surface area (Å²) in [5, 5.41) is 6.26. The van der Waals surface area contributed by atoms with Crippen LogP contribution in [0.1, 0.15) is 44.7 Å². The van der Waals surface area contributed by atoms with E-state index in [-0.39, 0.29) is 36.0 Å². The number of benzene rings is 1. The maximum absolute atomic E-state index is 12.5. The molecule has 0 aliphatic carbocycles. The Morgan fingerprint density at radius 3 is 2.72 bits per heavy atom. The van der Waals surface area contributed by atoms with Crippen molar-refractivity contribution in [2.24, 2.45) is 11.8 Å². The second-order valence-corrected chi connectivity index (χ2v) is 6.49. The van der Waals surface area contributed by atoms with Crippen LogP contribution in [0.25, 0.3) is 0 Å². The van der Waals surface area contributed by atoms with Gasteiger partial charge in [0, 0.05) is 12.0 Å². The predicted octanol–water partition coefficient (Wildman–Crippen LogP) is 3.91. The minimum absolute atomic E-state index is 0. The van der Waals surface area contributed by atoms with Crippen molar-refractivity contribution in [2.45, 2.75) is 45.8 Å². The minimum atomic E-state index is -2.88. The standard InChI is InChI=1S/C18H26F2N2O2.ClH/c1-12(14-6-5-9-21-11-14)10-17(23)22-13(2)15-7-3-4-8-16(15)24-18(19)20;/h3-4,7-8,12-14,18,21H,5-6,9-11H2,1-2H3,(H,22,23);1H. The molecule has 2 rings (SSSR count). The minimum Gasteiger partial charge on any atom is -0.434 e. The number of piperidine rings is 1. The van der Waals surface area contributed by atoms with Crippen LogP contribution in [0.4, 0.5) is 8.78 Å². The van der Waals surface area contributed by atoms with Crippen LogP contribution in [0.2, 0.25) is 0 Å². The molecule has 4 nitrogen and oxygen atoms in total. The fraction of sp³-hybridized carbons (Fsp3) is 0.611. The summed E-state index contributed by atoms with van der Waals surface area (Å²) in [5.41, 5.74) is 0.554. The number of ether oxygens (including phenoxy) is 1. The van der Waals surface area contributed by atoms with Crippen molar-refractivity contribution in [3.63, 3.8) is 0 Å². The van der Waals surface area contributed by atoms with E-state index in [0.717, 1.165) is 25.9 Å². The first kappa shape index (κ1) is 21.6. The summed E-state index contributed by atoms with van der Waals surface area (Å²) in [6.07, 6.45) is 2.72. The number of carbonyl (C=O) groups is 1. The molecule has 1 aliphatic rings. The smallest absolute Gasteiger partial charge is 0.387 e. The molecule has 0 radical (unpaired) electrons. The zero-order valence-electron chi connectivity index (χ0n) is 14.6. The van der Waals surface area contributed by atoms with Gasteiger partial charge in [0.25, 0.3) is 0 Å². The zero-order chi connectivity index (χ0) is 17.5. The van der Waals surface area contributed by atoms with E-state index in [4.69, 9.17) is 0 Å². The Morgan fingerprint density at radius 1 is 1.36 bits per heavy atom. The van der Waals surface area contributed by atoms with Crippen molar-refractivity contribution in [3.05, 3.63) is 29.8 Å². The second kappa shape index (κ2) is 10.6. The number of carbonyl (C=O) groups excluding carboxylic acids is 1. The van der Waals surface area contributed by atoms with Crippen LogP contribution in [0.15, 0.2) is 24.3 Å². The van der Waals surface area contributed by atoms with E-state index >= 15 is 0 Å². The van der Waals surface area contributed by atoms with E-state index < -0.39 is 6.61 Å². The molecule has 1 fully saturated rings. The van der Waals surface area contributed by atoms with Crippen molar-refractivity contribution >= 4 is 18.3 Å². The Bertz CT molecular complexity index is 540. The molecule has 1 amide bonds. The van der Waals surface area contributed by atoms with Gasteiger partial charge in [-0.15, -0.1) is 12.4 Å². The number of halogens is 3. The molecule has 0 spiro atoms. The van der Waals surface area contributed by atoms with Gasteiger partial charge in [0.1, 0.15) is 5.75 Å².